The van der Waals surface area contributed by atoms with Crippen molar-refractivity contribution in [1.82, 2.24) is 5.32 Å². The van der Waals surface area contributed by atoms with Crippen LogP contribution in [-0.2, 0) is 14.4 Å². The summed E-state index contributed by atoms with van der Waals surface area (Å²) < 4.78 is 35.0. The fourth-order valence-electron chi connectivity index (χ4n) is 0.915. The standard InChI is InChI=1S/C8H13F3N2O3.C2H3BrO/c9-8(10,11)7(16)13-4-2-1-3-5(12)6(14)15;3-1-2-4/h5H,1-4,12H2,(H,13,16)(H,14,15);2H,1H2/t5-;/m0./s1. The lowest BCUT2D eigenvalue weighted by atomic mass is 10.1. The molecule has 0 aliphatic carbocycles. The number of rotatable bonds is 7. The monoisotopic (exact) mass is 364 g/mol. The lowest BCUT2D eigenvalue weighted by molar-refractivity contribution is -0.173. The second-order valence-electron chi connectivity index (χ2n) is 3.52. The van der Waals surface area contributed by atoms with Crippen LogP contribution in [-0.4, -0.2) is 47.4 Å². The zero-order valence-electron chi connectivity index (χ0n) is 10.5. The quantitative estimate of drug-likeness (QED) is 0.352. The van der Waals surface area contributed by atoms with Gasteiger partial charge in [-0.15, -0.1) is 0 Å². The van der Waals surface area contributed by atoms with Gasteiger partial charge in [-0.2, -0.15) is 13.2 Å². The van der Waals surface area contributed by atoms with Gasteiger partial charge in [0.15, 0.2) is 0 Å². The molecule has 6 nitrogen and oxygen atoms in total. The Morgan fingerprint density at radius 3 is 2.20 bits per heavy atom. The minimum Gasteiger partial charge on any atom is -0.480 e. The van der Waals surface area contributed by atoms with Crippen LogP contribution < -0.4 is 11.1 Å². The van der Waals surface area contributed by atoms with E-state index in [1.807, 2.05) is 0 Å². The molecule has 0 saturated carbocycles. The van der Waals surface area contributed by atoms with Gasteiger partial charge in [0.2, 0.25) is 0 Å². The van der Waals surface area contributed by atoms with Gasteiger partial charge in [-0.3, -0.25) is 9.59 Å². The van der Waals surface area contributed by atoms with Crippen LogP contribution in [0.2, 0.25) is 0 Å². The number of hydrogen-bond donors (Lipinski definition) is 3. The molecule has 10 heteroatoms. The number of nitrogens with one attached hydrogen (secondary N) is 1. The zero-order chi connectivity index (χ0) is 16.2. The molecule has 1 amide bonds. The van der Waals surface area contributed by atoms with Gasteiger partial charge in [0.1, 0.15) is 12.3 Å². The van der Waals surface area contributed by atoms with Crippen LogP contribution in [0.1, 0.15) is 19.3 Å². The van der Waals surface area contributed by atoms with E-state index in [0.29, 0.717) is 11.8 Å². The summed E-state index contributed by atoms with van der Waals surface area (Å²) >= 11 is 2.88. The molecule has 0 unspecified atom stereocenters. The molecule has 0 aliphatic rings. The molecule has 118 valence electrons. The number of aldehydes is 1. The third-order valence-corrected chi connectivity index (χ3v) is 2.13. The first-order valence-corrected chi connectivity index (χ1v) is 6.62. The fourth-order valence-corrected chi connectivity index (χ4v) is 0.915. The number of nitrogens with two attached hydrogens (primary N) is 1. The van der Waals surface area contributed by atoms with E-state index in [9.17, 15) is 22.8 Å². The van der Waals surface area contributed by atoms with Gasteiger partial charge in [-0.05, 0) is 19.3 Å². The van der Waals surface area contributed by atoms with Crippen molar-refractivity contribution in [1.29, 1.82) is 0 Å². The number of carboxylic acid groups (broad SMARTS) is 1. The lowest BCUT2D eigenvalue weighted by Crippen LogP contribution is -2.37. The van der Waals surface area contributed by atoms with Crippen molar-refractivity contribution in [2.24, 2.45) is 5.73 Å². The molecule has 0 aromatic rings. The van der Waals surface area contributed by atoms with E-state index in [4.69, 9.17) is 15.6 Å². The Kier molecular flexibility index (Phi) is 12.3. The summed E-state index contributed by atoms with van der Waals surface area (Å²) in [6, 6.07) is -1.02. The molecule has 1 atom stereocenters. The molecule has 0 heterocycles. The number of alkyl halides is 4. The normalized spacial score (nSPS) is 11.8. The predicted octanol–water partition coefficient (Wildman–Crippen LogP) is 0.827. The molecule has 0 bridgehead atoms. The Morgan fingerprint density at radius 1 is 1.35 bits per heavy atom. The highest BCUT2D eigenvalue weighted by Crippen LogP contribution is 2.13. The number of unbranched alkanes of at least 4 members (excludes halogenated alkanes) is 1. The summed E-state index contributed by atoms with van der Waals surface area (Å²) in [6.45, 7) is -0.148. The van der Waals surface area contributed by atoms with Crippen molar-refractivity contribution in [3.63, 3.8) is 0 Å². The summed E-state index contributed by atoms with van der Waals surface area (Å²) in [5.74, 6) is -3.14. The van der Waals surface area contributed by atoms with E-state index in [1.165, 1.54) is 0 Å². The Balaban J connectivity index is 0. The van der Waals surface area contributed by atoms with Crippen LogP contribution in [0.3, 0.4) is 0 Å². The molecular weight excluding hydrogens is 349 g/mol. The van der Waals surface area contributed by atoms with Gasteiger partial charge < -0.3 is 21.0 Å². The Morgan fingerprint density at radius 2 is 1.85 bits per heavy atom. The molecule has 4 N–H and O–H groups in total. The van der Waals surface area contributed by atoms with E-state index < -0.39 is 24.1 Å². The number of hydrogen-bond acceptors (Lipinski definition) is 4. The van der Waals surface area contributed by atoms with E-state index in [2.05, 4.69) is 15.9 Å². The summed E-state index contributed by atoms with van der Waals surface area (Å²) in [5.41, 5.74) is 5.16. The first kappa shape index (κ1) is 21.1. The first-order valence-electron chi connectivity index (χ1n) is 5.49. The highest BCUT2D eigenvalue weighted by molar-refractivity contribution is 9.09. The fraction of sp³-hybridized carbons (Fsp3) is 0.700. The van der Waals surface area contributed by atoms with Gasteiger partial charge in [-0.25, -0.2) is 0 Å². The maximum absolute atomic E-state index is 11.7. The van der Waals surface area contributed by atoms with E-state index in [0.717, 1.165) is 6.29 Å². The average molecular weight is 365 g/mol. The van der Waals surface area contributed by atoms with Crippen LogP contribution in [0.25, 0.3) is 0 Å². The second-order valence-corrected chi connectivity index (χ2v) is 4.16. The molecule has 0 aliphatic heterocycles. The molecule has 20 heavy (non-hydrogen) atoms. The van der Waals surface area contributed by atoms with Gasteiger partial charge in [0.05, 0.1) is 5.33 Å². The van der Waals surface area contributed by atoms with Crippen LogP contribution in [0.5, 0.6) is 0 Å². The molecule has 0 rings (SSSR count). The van der Waals surface area contributed by atoms with Crippen molar-refractivity contribution in [2.75, 3.05) is 11.9 Å². The first-order chi connectivity index (χ1) is 9.16. The predicted molar refractivity (Wildman–Crippen MR) is 68.4 cm³/mol. The number of carbonyl (C=O) groups is 3. The third-order valence-electron chi connectivity index (χ3n) is 1.87. The molecule has 0 radical (unpaired) electrons. The summed E-state index contributed by atoms with van der Waals surface area (Å²) in [4.78, 5) is 29.7. The molecule has 0 spiro atoms. The van der Waals surface area contributed by atoms with Crippen molar-refractivity contribution in [2.45, 2.75) is 31.5 Å². The number of amides is 1. The van der Waals surface area contributed by atoms with Crippen molar-refractivity contribution in [3.05, 3.63) is 0 Å². The van der Waals surface area contributed by atoms with Crippen molar-refractivity contribution in [3.8, 4) is 0 Å². The van der Waals surface area contributed by atoms with Crippen LogP contribution in [0.15, 0.2) is 0 Å². The van der Waals surface area contributed by atoms with E-state index >= 15 is 0 Å². The Bertz CT molecular complexity index is 313. The van der Waals surface area contributed by atoms with Crippen LogP contribution in [0.4, 0.5) is 13.2 Å². The Labute approximate surface area is 122 Å². The van der Waals surface area contributed by atoms with Gasteiger partial charge >= 0.3 is 18.1 Å². The van der Waals surface area contributed by atoms with Crippen molar-refractivity contribution < 1.29 is 32.7 Å². The molecule has 0 saturated heterocycles. The smallest absolute Gasteiger partial charge is 0.471 e. The van der Waals surface area contributed by atoms with E-state index in [1.54, 1.807) is 5.32 Å². The third kappa shape index (κ3) is 13.3. The maximum Gasteiger partial charge on any atom is 0.471 e. The molecule has 0 aromatic heterocycles. The lowest BCUT2D eigenvalue weighted by Gasteiger charge is -2.08. The van der Waals surface area contributed by atoms with Crippen LogP contribution in [0, 0.1) is 0 Å². The second kappa shape index (κ2) is 11.6. The molecule has 0 fully saturated rings. The molecular formula is C10H16BrF3N2O4. The highest BCUT2D eigenvalue weighted by atomic mass is 79.9. The number of carbonyl (C=O) groups excluding carboxylic acids is 2. The van der Waals surface area contributed by atoms with Crippen molar-refractivity contribution >= 4 is 34.1 Å². The number of aliphatic carboxylic acids is 1. The van der Waals surface area contributed by atoms with Crippen LogP contribution >= 0.6 is 15.9 Å². The summed E-state index contributed by atoms with van der Waals surface area (Å²) in [7, 11) is 0. The minimum atomic E-state index is -4.88. The van der Waals surface area contributed by atoms with Gasteiger partial charge in [0.25, 0.3) is 0 Å². The van der Waals surface area contributed by atoms with Gasteiger partial charge in [-0.1, -0.05) is 15.9 Å². The molecule has 0 aromatic carbocycles. The van der Waals surface area contributed by atoms with Gasteiger partial charge in [0, 0.05) is 6.54 Å². The SMILES string of the molecule is N[C@@H](CCCCNC(=O)C(F)(F)F)C(=O)O.O=CCBr. The topological polar surface area (TPSA) is 109 Å². The number of carboxylic acids is 1. The summed E-state index contributed by atoms with van der Waals surface area (Å²) in [5, 5.41) is 10.5. The summed E-state index contributed by atoms with van der Waals surface area (Å²) in [6.07, 6.45) is -3.33. The van der Waals surface area contributed by atoms with E-state index in [-0.39, 0.29) is 19.4 Å². The zero-order valence-corrected chi connectivity index (χ0v) is 12.0. The average Bonchev–Trinajstić information content (AvgIpc) is 2.36. The Hall–Kier alpha value is -1.16. The highest BCUT2D eigenvalue weighted by Gasteiger charge is 2.38. The maximum atomic E-state index is 11.7. The largest absolute Gasteiger partial charge is 0.480 e. The number of halogens is 4. The minimum absolute atomic E-state index is 0.148.